The molecule has 1 aromatic carbocycles. The van der Waals surface area contributed by atoms with Crippen molar-refractivity contribution in [2.45, 2.75) is 17.3 Å². The number of hydrogen-bond acceptors (Lipinski definition) is 6. The van der Waals surface area contributed by atoms with Crippen LogP contribution in [0.25, 0.3) is 0 Å². The van der Waals surface area contributed by atoms with Gasteiger partial charge in [0.1, 0.15) is 6.33 Å². The van der Waals surface area contributed by atoms with E-state index in [9.17, 15) is 4.79 Å². The van der Waals surface area contributed by atoms with Gasteiger partial charge < -0.3 is 14.0 Å². The van der Waals surface area contributed by atoms with Crippen LogP contribution in [0.1, 0.15) is 17.3 Å². The van der Waals surface area contributed by atoms with Gasteiger partial charge in [0.25, 0.3) is 0 Å². The van der Waals surface area contributed by atoms with Crippen LogP contribution < -0.4 is 9.47 Å². The smallest absolute Gasteiger partial charge is 0.191 e. The van der Waals surface area contributed by atoms with Gasteiger partial charge in [-0.1, -0.05) is 11.8 Å². The van der Waals surface area contributed by atoms with Gasteiger partial charge in [0, 0.05) is 12.6 Å². The molecule has 1 unspecified atom stereocenters. The summed E-state index contributed by atoms with van der Waals surface area (Å²) in [6.07, 6.45) is 1.61. The highest BCUT2D eigenvalue weighted by Crippen LogP contribution is 2.30. The molecule has 0 spiro atoms. The summed E-state index contributed by atoms with van der Waals surface area (Å²) in [5, 5.41) is 8.21. The fourth-order valence-corrected chi connectivity index (χ4v) is 2.68. The Labute approximate surface area is 127 Å². The number of hydrogen-bond donors (Lipinski definition) is 0. The molecule has 0 saturated carbocycles. The Morgan fingerprint density at radius 3 is 2.57 bits per heavy atom. The molecule has 0 aliphatic heterocycles. The Bertz CT molecular complexity index is 642. The van der Waals surface area contributed by atoms with Gasteiger partial charge in [-0.15, -0.1) is 10.2 Å². The number of aromatic nitrogens is 3. The Kier molecular flexibility index (Phi) is 4.85. The molecule has 0 saturated heterocycles. The predicted molar refractivity (Wildman–Crippen MR) is 80.2 cm³/mol. The first-order chi connectivity index (χ1) is 10.1. The van der Waals surface area contributed by atoms with Crippen LogP contribution in [0.5, 0.6) is 11.5 Å². The van der Waals surface area contributed by atoms with Gasteiger partial charge in [0.2, 0.25) is 0 Å². The molecule has 0 bridgehead atoms. The molecular formula is C14H17N3O3S. The van der Waals surface area contributed by atoms with E-state index in [2.05, 4.69) is 10.2 Å². The molecule has 1 aromatic heterocycles. The Hall–Kier alpha value is -2.02. The monoisotopic (exact) mass is 307 g/mol. The Balaban J connectivity index is 2.17. The van der Waals surface area contributed by atoms with Crippen molar-refractivity contribution < 1.29 is 14.3 Å². The number of methoxy groups -OCH3 is 2. The first-order valence-corrected chi connectivity index (χ1v) is 7.21. The average molecular weight is 307 g/mol. The van der Waals surface area contributed by atoms with Crippen molar-refractivity contribution in [1.82, 2.24) is 14.8 Å². The van der Waals surface area contributed by atoms with Crippen LogP contribution in [0.3, 0.4) is 0 Å². The summed E-state index contributed by atoms with van der Waals surface area (Å²) in [6.45, 7) is 1.85. The summed E-state index contributed by atoms with van der Waals surface area (Å²) in [5.74, 6) is 1.14. The number of Topliss-reactive ketones (excluding diaryl/α,β-unsaturated/α-hetero) is 1. The Morgan fingerprint density at radius 1 is 1.29 bits per heavy atom. The number of nitrogens with zero attached hydrogens (tertiary/aromatic N) is 3. The molecule has 112 valence electrons. The van der Waals surface area contributed by atoms with E-state index in [0.717, 1.165) is 0 Å². The van der Waals surface area contributed by atoms with Crippen molar-refractivity contribution in [3.05, 3.63) is 30.1 Å². The molecule has 0 aliphatic rings. The number of aryl methyl sites for hydroxylation is 1. The molecule has 1 atom stereocenters. The highest BCUT2D eigenvalue weighted by atomic mass is 32.2. The highest BCUT2D eigenvalue weighted by molar-refractivity contribution is 8.00. The van der Waals surface area contributed by atoms with Crippen LogP contribution in [0, 0.1) is 0 Å². The van der Waals surface area contributed by atoms with Crippen LogP contribution in [0.4, 0.5) is 0 Å². The summed E-state index contributed by atoms with van der Waals surface area (Å²) in [7, 11) is 4.95. The summed E-state index contributed by atoms with van der Waals surface area (Å²) >= 11 is 1.37. The van der Waals surface area contributed by atoms with Gasteiger partial charge in [0.15, 0.2) is 22.4 Å². The van der Waals surface area contributed by atoms with Crippen LogP contribution in [-0.2, 0) is 7.05 Å². The topological polar surface area (TPSA) is 66.2 Å². The third-order valence-corrected chi connectivity index (χ3v) is 4.14. The molecule has 1 heterocycles. The Morgan fingerprint density at radius 2 is 2.00 bits per heavy atom. The second kappa shape index (κ2) is 6.62. The van der Waals surface area contributed by atoms with Crippen molar-refractivity contribution >= 4 is 17.5 Å². The predicted octanol–water partition coefficient (Wildman–Crippen LogP) is 2.20. The molecule has 0 amide bonds. The minimum Gasteiger partial charge on any atom is -0.493 e. The van der Waals surface area contributed by atoms with Gasteiger partial charge in [-0.25, -0.2) is 0 Å². The van der Waals surface area contributed by atoms with Gasteiger partial charge in [0.05, 0.1) is 19.5 Å². The lowest BCUT2D eigenvalue weighted by molar-refractivity contribution is 0.0993. The van der Waals surface area contributed by atoms with E-state index in [1.807, 2.05) is 14.0 Å². The first-order valence-electron chi connectivity index (χ1n) is 6.33. The number of thioether (sulfide) groups is 1. The van der Waals surface area contributed by atoms with Crippen molar-refractivity contribution in [1.29, 1.82) is 0 Å². The van der Waals surface area contributed by atoms with E-state index in [-0.39, 0.29) is 11.0 Å². The molecule has 0 aliphatic carbocycles. The summed E-state index contributed by atoms with van der Waals surface area (Å²) < 4.78 is 12.2. The van der Waals surface area contributed by atoms with Crippen molar-refractivity contribution in [2.24, 2.45) is 7.05 Å². The van der Waals surface area contributed by atoms with E-state index in [0.29, 0.717) is 22.2 Å². The number of rotatable bonds is 6. The third-order valence-electron chi connectivity index (χ3n) is 2.99. The van der Waals surface area contributed by atoms with Gasteiger partial charge in [-0.05, 0) is 25.1 Å². The van der Waals surface area contributed by atoms with Crippen LogP contribution in [0.15, 0.2) is 29.7 Å². The molecule has 2 rings (SSSR count). The number of carbonyl (C=O) groups is 1. The number of carbonyl (C=O) groups excluding carboxylic acids is 1. The zero-order chi connectivity index (χ0) is 15.4. The van der Waals surface area contributed by atoms with E-state index in [1.165, 1.54) is 11.8 Å². The third kappa shape index (κ3) is 3.36. The summed E-state index contributed by atoms with van der Waals surface area (Å²) in [5.41, 5.74) is 0.579. The van der Waals surface area contributed by atoms with Crippen molar-refractivity contribution in [3.63, 3.8) is 0 Å². The molecule has 2 aromatic rings. The largest absolute Gasteiger partial charge is 0.493 e. The minimum atomic E-state index is -0.272. The van der Waals surface area contributed by atoms with E-state index in [1.54, 1.807) is 43.3 Å². The lowest BCUT2D eigenvalue weighted by atomic mass is 10.1. The summed E-state index contributed by atoms with van der Waals surface area (Å²) in [6, 6.07) is 5.15. The number of benzene rings is 1. The average Bonchev–Trinajstić information content (AvgIpc) is 2.90. The molecule has 6 nitrogen and oxygen atoms in total. The second-order valence-corrected chi connectivity index (χ2v) is 5.73. The quantitative estimate of drug-likeness (QED) is 0.602. The number of ketones is 1. The van der Waals surface area contributed by atoms with Crippen LogP contribution >= 0.6 is 11.8 Å². The molecule has 21 heavy (non-hydrogen) atoms. The fraction of sp³-hybridized carbons (Fsp3) is 0.357. The maximum Gasteiger partial charge on any atom is 0.191 e. The van der Waals surface area contributed by atoms with Crippen molar-refractivity contribution in [3.8, 4) is 11.5 Å². The maximum absolute atomic E-state index is 12.5. The normalized spacial score (nSPS) is 12.0. The lowest BCUT2D eigenvalue weighted by Crippen LogP contribution is -2.14. The molecule has 7 heteroatoms. The lowest BCUT2D eigenvalue weighted by Gasteiger charge is -2.12. The first kappa shape index (κ1) is 15.4. The van der Waals surface area contributed by atoms with Crippen molar-refractivity contribution in [2.75, 3.05) is 14.2 Å². The zero-order valence-corrected chi connectivity index (χ0v) is 13.2. The van der Waals surface area contributed by atoms with Gasteiger partial charge >= 0.3 is 0 Å². The fourth-order valence-electron chi connectivity index (χ4n) is 1.82. The summed E-state index contributed by atoms with van der Waals surface area (Å²) in [4.78, 5) is 12.5. The molecule has 0 radical (unpaired) electrons. The van der Waals surface area contributed by atoms with E-state index in [4.69, 9.17) is 9.47 Å². The second-order valence-electron chi connectivity index (χ2n) is 4.42. The number of ether oxygens (including phenoxy) is 2. The molecule has 0 N–H and O–H groups in total. The van der Waals surface area contributed by atoms with E-state index < -0.39 is 0 Å². The molecular weight excluding hydrogens is 290 g/mol. The van der Waals surface area contributed by atoms with Gasteiger partial charge in [-0.3, -0.25) is 4.79 Å². The standard InChI is InChI=1S/C14H17N3O3S/c1-9(21-14-16-15-8-17(14)2)13(18)10-5-6-11(19-3)12(7-10)20-4/h5-9H,1-4H3. The zero-order valence-electron chi connectivity index (χ0n) is 12.4. The molecule has 0 fully saturated rings. The van der Waals surface area contributed by atoms with Crippen LogP contribution in [0.2, 0.25) is 0 Å². The van der Waals surface area contributed by atoms with E-state index >= 15 is 0 Å². The van der Waals surface area contributed by atoms with Gasteiger partial charge in [-0.2, -0.15) is 0 Å². The van der Waals surface area contributed by atoms with Crippen LogP contribution in [-0.4, -0.2) is 40.0 Å². The maximum atomic E-state index is 12.5. The highest BCUT2D eigenvalue weighted by Gasteiger charge is 2.20. The minimum absolute atomic E-state index is 0.00366. The SMILES string of the molecule is COc1ccc(C(=O)C(C)Sc2nncn2C)cc1OC.